The normalized spacial score (nSPS) is 10.4. The molecular weight excluding hydrogens is 286 g/mol. The highest BCUT2D eigenvalue weighted by Gasteiger charge is 2.01. The van der Waals surface area contributed by atoms with E-state index < -0.39 is 0 Å². The van der Waals surface area contributed by atoms with Crippen LogP contribution in [0.5, 0.6) is 11.8 Å². The van der Waals surface area contributed by atoms with Crippen molar-refractivity contribution in [2.75, 3.05) is 6.54 Å². The standard InChI is InChI=1S/C19H19N3O/c1-2-6-16(7-3-1)10-13-20-15-17-8-4-9-18(14-17)23-19-21-11-5-12-22-19/h1-9,11-12,14,20H,10,13,15H2. The second kappa shape index (κ2) is 8.06. The Labute approximate surface area is 136 Å². The third kappa shape index (κ3) is 4.90. The first-order valence-corrected chi connectivity index (χ1v) is 7.68. The number of nitrogens with zero attached hydrogens (tertiary/aromatic N) is 2. The molecule has 0 atom stereocenters. The molecule has 0 fully saturated rings. The van der Waals surface area contributed by atoms with Gasteiger partial charge < -0.3 is 10.1 Å². The van der Waals surface area contributed by atoms with Crippen LogP contribution in [0.3, 0.4) is 0 Å². The van der Waals surface area contributed by atoms with E-state index in [1.807, 2.05) is 24.3 Å². The lowest BCUT2D eigenvalue weighted by Crippen LogP contribution is -2.16. The Morgan fingerprint density at radius 3 is 2.43 bits per heavy atom. The molecule has 1 aromatic heterocycles. The summed E-state index contributed by atoms with van der Waals surface area (Å²) in [5, 5.41) is 3.45. The maximum Gasteiger partial charge on any atom is 0.321 e. The Morgan fingerprint density at radius 1 is 0.826 bits per heavy atom. The summed E-state index contributed by atoms with van der Waals surface area (Å²) in [6.07, 6.45) is 4.35. The summed E-state index contributed by atoms with van der Waals surface area (Å²) in [4.78, 5) is 8.13. The second-order valence-corrected chi connectivity index (χ2v) is 5.19. The van der Waals surface area contributed by atoms with Crippen LogP contribution in [0, 0.1) is 0 Å². The van der Waals surface area contributed by atoms with Crippen molar-refractivity contribution < 1.29 is 4.74 Å². The quantitative estimate of drug-likeness (QED) is 0.678. The zero-order valence-electron chi connectivity index (χ0n) is 12.9. The van der Waals surface area contributed by atoms with E-state index in [-0.39, 0.29) is 0 Å². The Balaban J connectivity index is 1.49. The molecule has 0 aliphatic carbocycles. The van der Waals surface area contributed by atoms with Gasteiger partial charge in [-0.1, -0.05) is 42.5 Å². The number of rotatable bonds is 7. The maximum atomic E-state index is 5.64. The minimum atomic E-state index is 0.363. The monoisotopic (exact) mass is 305 g/mol. The van der Waals surface area contributed by atoms with Crippen LogP contribution in [0.2, 0.25) is 0 Å². The molecule has 1 N–H and O–H groups in total. The first-order chi connectivity index (χ1) is 11.4. The van der Waals surface area contributed by atoms with Gasteiger partial charge in [-0.3, -0.25) is 0 Å². The average Bonchev–Trinajstić information content (AvgIpc) is 2.61. The molecule has 4 heteroatoms. The third-order valence-electron chi connectivity index (χ3n) is 3.41. The van der Waals surface area contributed by atoms with E-state index in [1.165, 1.54) is 11.1 Å². The van der Waals surface area contributed by atoms with Gasteiger partial charge >= 0.3 is 6.01 Å². The Hall–Kier alpha value is -2.72. The zero-order chi connectivity index (χ0) is 15.7. The lowest BCUT2D eigenvalue weighted by Gasteiger charge is -2.08. The van der Waals surface area contributed by atoms with Gasteiger partial charge in [0, 0.05) is 18.9 Å². The number of aromatic nitrogens is 2. The molecule has 0 radical (unpaired) electrons. The molecule has 3 aromatic rings. The summed E-state index contributed by atoms with van der Waals surface area (Å²) in [5.41, 5.74) is 2.52. The van der Waals surface area contributed by atoms with Crippen molar-refractivity contribution in [3.63, 3.8) is 0 Å². The predicted octanol–water partition coefficient (Wildman–Crippen LogP) is 3.60. The fraction of sp³-hybridized carbons (Fsp3) is 0.158. The zero-order valence-corrected chi connectivity index (χ0v) is 12.9. The summed E-state index contributed by atoms with van der Waals surface area (Å²) in [7, 11) is 0. The van der Waals surface area contributed by atoms with Crippen molar-refractivity contribution in [2.45, 2.75) is 13.0 Å². The molecule has 3 rings (SSSR count). The van der Waals surface area contributed by atoms with E-state index in [4.69, 9.17) is 4.74 Å². The number of benzene rings is 2. The molecule has 0 spiro atoms. The molecule has 1 heterocycles. The predicted molar refractivity (Wildman–Crippen MR) is 90.4 cm³/mol. The van der Waals surface area contributed by atoms with Crippen LogP contribution in [0.1, 0.15) is 11.1 Å². The first-order valence-electron chi connectivity index (χ1n) is 7.68. The molecule has 0 aliphatic heterocycles. The van der Waals surface area contributed by atoms with Crippen LogP contribution in [0.15, 0.2) is 73.1 Å². The molecular formula is C19H19N3O. The van der Waals surface area contributed by atoms with Gasteiger partial charge in [0.1, 0.15) is 5.75 Å². The first kappa shape index (κ1) is 15.2. The third-order valence-corrected chi connectivity index (χ3v) is 3.41. The number of hydrogen-bond acceptors (Lipinski definition) is 4. The second-order valence-electron chi connectivity index (χ2n) is 5.19. The topological polar surface area (TPSA) is 47.0 Å². The van der Waals surface area contributed by atoms with Crippen LogP contribution < -0.4 is 10.1 Å². The molecule has 0 amide bonds. The highest BCUT2D eigenvalue weighted by Crippen LogP contribution is 2.18. The number of hydrogen-bond donors (Lipinski definition) is 1. The van der Waals surface area contributed by atoms with Crippen molar-refractivity contribution in [2.24, 2.45) is 0 Å². The SMILES string of the molecule is c1ccc(CCNCc2cccc(Oc3ncccn3)c2)cc1. The van der Waals surface area contributed by atoms with Crippen molar-refractivity contribution in [3.05, 3.63) is 84.2 Å². The van der Waals surface area contributed by atoms with E-state index in [2.05, 4.69) is 45.6 Å². The minimum absolute atomic E-state index is 0.363. The van der Waals surface area contributed by atoms with Crippen molar-refractivity contribution >= 4 is 0 Å². The van der Waals surface area contributed by atoms with Gasteiger partial charge in [0.15, 0.2) is 0 Å². The Bertz CT molecular complexity index is 717. The fourth-order valence-electron chi connectivity index (χ4n) is 2.27. The van der Waals surface area contributed by atoms with Gasteiger partial charge in [0.05, 0.1) is 0 Å². The van der Waals surface area contributed by atoms with Gasteiger partial charge in [-0.2, -0.15) is 0 Å². The molecule has 0 saturated heterocycles. The highest BCUT2D eigenvalue weighted by atomic mass is 16.5. The van der Waals surface area contributed by atoms with Crippen molar-refractivity contribution in [1.29, 1.82) is 0 Å². The molecule has 0 unspecified atom stereocenters. The summed E-state index contributed by atoms with van der Waals surface area (Å²) in [5.74, 6) is 0.749. The van der Waals surface area contributed by atoms with E-state index >= 15 is 0 Å². The van der Waals surface area contributed by atoms with Crippen molar-refractivity contribution in [3.8, 4) is 11.8 Å². The molecule has 2 aromatic carbocycles. The molecule has 0 saturated carbocycles. The minimum Gasteiger partial charge on any atom is -0.424 e. The van der Waals surface area contributed by atoms with Crippen molar-refractivity contribution in [1.82, 2.24) is 15.3 Å². The Kier molecular flexibility index (Phi) is 5.32. The maximum absolute atomic E-state index is 5.64. The smallest absolute Gasteiger partial charge is 0.321 e. The molecule has 116 valence electrons. The molecule has 4 nitrogen and oxygen atoms in total. The number of ether oxygens (including phenoxy) is 1. The van der Waals surface area contributed by atoms with Crippen LogP contribution >= 0.6 is 0 Å². The Morgan fingerprint density at radius 2 is 1.61 bits per heavy atom. The van der Waals surface area contributed by atoms with Crippen LogP contribution in [0.25, 0.3) is 0 Å². The van der Waals surface area contributed by atoms with Gasteiger partial charge in [-0.25, -0.2) is 9.97 Å². The van der Waals surface area contributed by atoms with Crippen LogP contribution in [-0.4, -0.2) is 16.5 Å². The van der Waals surface area contributed by atoms with Crippen LogP contribution in [0.4, 0.5) is 0 Å². The largest absolute Gasteiger partial charge is 0.424 e. The molecule has 0 aliphatic rings. The summed E-state index contributed by atoms with van der Waals surface area (Å²) < 4.78 is 5.64. The number of nitrogens with one attached hydrogen (secondary N) is 1. The van der Waals surface area contributed by atoms with Gasteiger partial charge in [-0.15, -0.1) is 0 Å². The van der Waals surface area contributed by atoms with Gasteiger partial charge in [-0.05, 0) is 42.3 Å². The highest BCUT2D eigenvalue weighted by molar-refractivity contribution is 5.30. The lowest BCUT2D eigenvalue weighted by atomic mass is 10.1. The van der Waals surface area contributed by atoms with E-state index in [1.54, 1.807) is 18.5 Å². The lowest BCUT2D eigenvalue weighted by molar-refractivity contribution is 0.441. The van der Waals surface area contributed by atoms with Gasteiger partial charge in [0.25, 0.3) is 0 Å². The summed E-state index contributed by atoms with van der Waals surface area (Å²) in [6, 6.07) is 20.6. The van der Waals surface area contributed by atoms with E-state index in [0.717, 1.165) is 25.3 Å². The van der Waals surface area contributed by atoms with E-state index in [0.29, 0.717) is 6.01 Å². The van der Waals surface area contributed by atoms with Crippen LogP contribution in [-0.2, 0) is 13.0 Å². The molecule has 0 bridgehead atoms. The van der Waals surface area contributed by atoms with Gasteiger partial charge in [0.2, 0.25) is 0 Å². The molecule has 23 heavy (non-hydrogen) atoms. The summed E-state index contributed by atoms with van der Waals surface area (Å²) in [6.45, 7) is 1.75. The fourth-order valence-corrected chi connectivity index (χ4v) is 2.27. The average molecular weight is 305 g/mol. The van der Waals surface area contributed by atoms with E-state index in [9.17, 15) is 0 Å². The summed E-state index contributed by atoms with van der Waals surface area (Å²) >= 11 is 0.